The summed E-state index contributed by atoms with van der Waals surface area (Å²) in [5.74, 6) is 0.689. The van der Waals surface area contributed by atoms with Crippen molar-refractivity contribution in [3.8, 4) is 0 Å². The Balaban J connectivity index is 1.33. The van der Waals surface area contributed by atoms with Gasteiger partial charge in [-0.2, -0.15) is 5.10 Å². The van der Waals surface area contributed by atoms with Crippen LogP contribution in [0.25, 0.3) is 0 Å². The SMILES string of the molecule is O=C(N[C@@H]1CC(=O)N(CC2CCCCC2)C1)c1cccc(Cn2cccn2)c1. The summed E-state index contributed by atoms with van der Waals surface area (Å²) < 4.78 is 1.83. The summed E-state index contributed by atoms with van der Waals surface area (Å²) in [5.41, 5.74) is 1.65. The van der Waals surface area contributed by atoms with Crippen LogP contribution in [0.5, 0.6) is 0 Å². The predicted molar refractivity (Wildman–Crippen MR) is 107 cm³/mol. The second kappa shape index (κ2) is 8.59. The van der Waals surface area contributed by atoms with Gasteiger partial charge in [0.1, 0.15) is 0 Å². The van der Waals surface area contributed by atoms with Gasteiger partial charge in [0.25, 0.3) is 5.91 Å². The highest BCUT2D eigenvalue weighted by atomic mass is 16.2. The molecule has 1 saturated carbocycles. The molecule has 0 radical (unpaired) electrons. The van der Waals surface area contributed by atoms with Gasteiger partial charge in [-0.05, 0) is 42.5 Å². The second-order valence-corrected chi connectivity index (χ2v) is 8.08. The van der Waals surface area contributed by atoms with E-state index in [-0.39, 0.29) is 17.9 Å². The maximum Gasteiger partial charge on any atom is 0.251 e. The van der Waals surface area contributed by atoms with Crippen molar-refractivity contribution in [2.24, 2.45) is 5.92 Å². The molecule has 2 heterocycles. The largest absolute Gasteiger partial charge is 0.347 e. The van der Waals surface area contributed by atoms with E-state index >= 15 is 0 Å². The lowest BCUT2D eigenvalue weighted by atomic mass is 9.89. The van der Waals surface area contributed by atoms with E-state index in [0.29, 0.717) is 31.0 Å². The Labute approximate surface area is 165 Å². The molecule has 0 bridgehead atoms. The van der Waals surface area contributed by atoms with Gasteiger partial charge in [0.05, 0.1) is 12.6 Å². The Morgan fingerprint density at radius 3 is 2.82 bits per heavy atom. The molecule has 1 aromatic heterocycles. The van der Waals surface area contributed by atoms with Crippen LogP contribution in [0, 0.1) is 5.92 Å². The first-order valence-corrected chi connectivity index (χ1v) is 10.3. The van der Waals surface area contributed by atoms with E-state index in [1.54, 1.807) is 6.20 Å². The predicted octanol–water partition coefficient (Wildman–Crippen LogP) is 2.84. The summed E-state index contributed by atoms with van der Waals surface area (Å²) in [6.07, 6.45) is 10.4. The zero-order valence-electron chi connectivity index (χ0n) is 16.2. The number of likely N-dealkylation sites (tertiary alicyclic amines) is 1. The fourth-order valence-electron chi connectivity index (χ4n) is 4.39. The Kier molecular flexibility index (Phi) is 5.74. The van der Waals surface area contributed by atoms with Gasteiger partial charge in [-0.1, -0.05) is 31.4 Å². The Morgan fingerprint density at radius 1 is 1.18 bits per heavy atom. The van der Waals surface area contributed by atoms with Crippen molar-refractivity contribution in [2.75, 3.05) is 13.1 Å². The number of benzene rings is 1. The van der Waals surface area contributed by atoms with Gasteiger partial charge in [-0.15, -0.1) is 0 Å². The van der Waals surface area contributed by atoms with Crippen molar-refractivity contribution in [2.45, 2.75) is 51.1 Å². The van der Waals surface area contributed by atoms with Gasteiger partial charge < -0.3 is 10.2 Å². The van der Waals surface area contributed by atoms with Crippen LogP contribution in [0.1, 0.15) is 54.4 Å². The van der Waals surface area contributed by atoms with Crippen LogP contribution in [0.4, 0.5) is 0 Å². The van der Waals surface area contributed by atoms with Crippen LogP contribution in [0.15, 0.2) is 42.7 Å². The van der Waals surface area contributed by atoms with Crippen LogP contribution in [0.3, 0.4) is 0 Å². The van der Waals surface area contributed by atoms with Crippen molar-refractivity contribution in [3.05, 3.63) is 53.9 Å². The molecular formula is C22H28N4O2. The Hall–Kier alpha value is -2.63. The van der Waals surface area contributed by atoms with Gasteiger partial charge in [-0.25, -0.2) is 0 Å². The topological polar surface area (TPSA) is 67.2 Å². The van der Waals surface area contributed by atoms with Crippen LogP contribution in [0.2, 0.25) is 0 Å². The summed E-state index contributed by atoms with van der Waals surface area (Å²) >= 11 is 0. The number of carbonyl (C=O) groups is 2. The molecule has 148 valence electrons. The van der Waals surface area contributed by atoms with Gasteiger partial charge in [0.2, 0.25) is 5.91 Å². The van der Waals surface area contributed by atoms with E-state index in [9.17, 15) is 9.59 Å². The maximum atomic E-state index is 12.7. The number of aromatic nitrogens is 2. The van der Waals surface area contributed by atoms with Crippen molar-refractivity contribution in [1.29, 1.82) is 0 Å². The third kappa shape index (κ3) is 4.61. The molecule has 1 aliphatic carbocycles. The lowest BCUT2D eigenvalue weighted by molar-refractivity contribution is -0.128. The summed E-state index contributed by atoms with van der Waals surface area (Å²) in [6, 6.07) is 9.38. The molecule has 28 heavy (non-hydrogen) atoms. The summed E-state index contributed by atoms with van der Waals surface area (Å²) in [6.45, 7) is 2.11. The monoisotopic (exact) mass is 380 g/mol. The number of hydrogen-bond acceptors (Lipinski definition) is 3. The van der Waals surface area contributed by atoms with E-state index < -0.39 is 0 Å². The standard InChI is InChI=1S/C22H28N4O2/c27-21-13-20(16-25(21)14-17-6-2-1-3-7-17)24-22(28)19-9-4-8-18(12-19)15-26-11-5-10-23-26/h4-5,8-12,17,20H,1-3,6-7,13-16H2,(H,24,28)/t20-/m1/s1. The van der Waals surface area contributed by atoms with Crippen molar-refractivity contribution in [1.82, 2.24) is 20.0 Å². The van der Waals surface area contributed by atoms with E-state index in [2.05, 4.69) is 10.4 Å². The van der Waals surface area contributed by atoms with E-state index in [0.717, 1.165) is 12.1 Å². The highest BCUT2D eigenvalue weighted by Gasteiger charge is 2.32. The first-order chi connectivity index (χ1) is 13.7. The molecule has 0 unspecified atom stereocenters. The van der Waals surface area contributed by atoms with Crippen LogP contribution in [-0.4, -0.2) is 45.6 Å². The highest BCUT2D eigenvalue weighted by molar-refractivity contribution is 5.95. The van der Waals surface area contributed by atoms with E-state index in [1.807, 2.05) is 46.1 Å². The average Bonchev–Trinajstić information content (AvgIpc) is 3.33. The van der Waals surface area contributed by atoms with Gasteiger partial charge in [0.15, 0.2) is 0 Å². The lowest BCUT2D eigenvalue weighted by Gasteiger charge is -2.27. The van der Waals surface area contributed by atoms with Gasteiger partial charge in [-0.3, -0.25) is 14.3 Å². The summed E-state index contributed by atoms with van der Waals surface area (Å²) in [4.78, 5) is 27.0. The summed E-state index contributed by atoms with van der Waals surface area (Å²) in [5, 5.41) is 7.26. The van der Waals surface area contributed by atoms with Crippen molar-refractivity contribution >= 4 is 11.8 Å². The van der Waals surface area contributed by atoms with Crippen LogP contribution >= 0.6 is 0 Å². The van der Waals surface area contributed by atoms with Gasteiger partial charge >= 0.3 is 0 Å². The molecule has 6 heteroatoms. The van der Waals surface area contributed by atoms with E-state index in [4.69, 9.17) is 0 Å². The molecule has 2 fully saturated rings. The number of carbonyl (C=O) groups excluding carboxylic acids is 2. The summed E-state index contributed by atoms with van der Waals surface area (Å²) in [7, 11) is 0. The van der Waals surface area contributed by atoms with Gasteiger partial charge in [0, 0.05) is 37.5 Å². The fraction of sp³-hybridized carbons (Fsp3) is 0.500. The first-order valence-electron chi connectivity index (χ1n) is 10.3. The quantitative estimate of drug-likeness (QED) is 0.838. The fourth-order valence-corrected chi connectivity index (χ4v) is 4.39. The molecule has 2 aromatic rings. The maximum absolute atomic E-state index is 12.7. The van der Waals surface area contributed by atoms with Crippen molar-refractivity contribution in [3.63, 3.8) is 0 Å². The number of nitrogens with one attached hydrogen (secondary N) is 1. The Morgan fingerprint density at radius 2 is 2.04 bits per heavy atom. The zero-order valence-corrected chi connectivity index (χ0v) is 16.2. The molecular weight excluding hydrogens is 352 g/mol. The molecule has 1 aromatic carbocycles. The number of amides is 2. The molecule has 2 aliphatic rings. The number of hydrogen-bond donors (Lipinski definition) is 1. The normalized spacial score (nSPS) is 20.5. The molecule has 1 atom stereocenters. The number of nitrogens with zero attached hydrogens (tertiary/aromatic N) is 3. The minimum absolute atomic E-state index is 0.0987. The molecule has 1 aliphatic heterocycles. The third-order valence-electron chi connectivity index (χ3n) is 5.85. The van der Waals surface area contributed by atoms with Crippen LogP contribution < -0.4 is 5.32 Å². The average molecular weight is 380 g/mol. The lowest BCUT2D eigenvalue weighted by Crippen LogP contribution is -2.38. The molecule has 1 saturated heterocycles. The minimum Gasteiger partial charge on any atom is -0.347 e. The second-order valence-electron chi connectivity index (χ2n) is 8.08. The number of rotatable bonds is 6. The molecule has 4 rings (SSSR count). The highest BCUT2D eigenvalue weighted by Crippen LogP contribution is 2.26. The Bertz CT molecular complexity index is 812. The molecule has 6 nitrogen and oxygen atoms in total. The van der Waals surface area contributed by atoms with Crippen molar-refractivity contribution < 1.29 is 9.59 Å². The molecule has 2 amide bonds. The smallest absolute Gasteiger partial charge is 0.251 e. The molecule has 0 spiro atoms. The van der Waals surface area contributed by atoms with Crippen LogP contribution in [-0.2, 0) is 11.3 Å². The first kappa shape index (κ1) is 18.7. The molecule has 1 N–H and O–H groups in total. The zero-order chi connectivity index (χ0) is 19.3. The third-order valence-corrected chi connectivity index (χ3v) is 5.85. The minimum atomic E-state index is -0.111. The van der Waals surface area contributed by atoms with E-state index in [1.165, 1.54) is 32.1 Å².